The van der Waals surface area contributed by atoms with Crippen LogP contribution in [0.1, 0.15) is 47.2 Å². The molecule has 2 aliphatic heterocycles. The van der Waals surface area contributed by atoms with Crippen LogP contribution in [0.25, 0.3) is 11.3 Å². The number of rotatable bonds is 2. The maximum atomic E-state index is 13.2. The fourth-order valence-corrected chi connectivity index (χ4v) is 4.66. The molecule has 4 heterocycles. The van der Waals surface area contributed by atoms with Crippen LogP contribution in [0.15, 0.2) is 36.7 Å². The number of aryl methyl sites for hydroxylation is 2. The molecule has 138 valence electrons. The summed E-state index contributed by atoms with van der Waals surface area (Å²) in [4.78, 5) is 19.3. The number of benzene rings is 1. The van der Waals surface area contributed by atoms with Crippen LogP contribution in [0, 0.1) is 0 Å². The summed E-state index contributed by atoms with van der Waals surface area (Å²) in [6.45, 7) is 0. The third-order valence-corrected chi connectivity index (χ3v) is 5.75. The molecule has 1 fully saturated rings. The van der Waals surface area contributed by atoms with E-state index in [1.807, 2.05) is 22.7 Å². The van der Waals surface area contributed by atoms with Crippen molar-refractivity contribution in [2.24, 2.45) is 14.1 Å². The molecule has 2 bridgehead atoms. The van der Waals surface area contributed by atoms with Crippen molar-refractivity contribution in [2.45, 2.75) is 37.8 Å². The maximum absolute atomic E-state index is 13.2. The number of carbonyl (C=O) groups excluding carboxylic acids is 1. The molecule has 0 radical (unpaired) electrons. The van der Waals surface area contributed by atoms with Crippen LogP contribution in [0.5, 0.6) is 0 Å². The lowest BCUT2D eigenvalue weighted by Gasteiger charge is -2.44. The Balaban J connectivity index is 1.59. The van der Waals surface area contributed by atoms with Gasteiger partial charge in [0.15, 0.2) is 0 Å². The van der Waals surface area contributed by atoms with Crippen LogP contribution in [0.4, 0.5) is 0 Å². The standard InChI is InChI=1S/C20H22N6O/c1-24-12-21-19(23-24)20(27)26-14-9-6-10-16(26)17-15(11-14)18(25(2)22-17)13-7-4-3-5-8-13/h3-5,7-8,12,14,16H,6,9-11H2,1-2H3. The number of piperidine rings is 1. The van der Waals surface area contributed by atoms with Gasteiger partial charge in [-0.15, -0.1) is 5.10 Å². The second kappa shape index (κ2) is 6.04. The van der Waals surface area contributed by atoms with Gasteiger partial charge in [0.1, 0.15) is 6.33 Å². The highest BCUT2D eigenvalue weighted by Crippen LogP contribution is 2.44. The summed E-state index contributed by atoms with van der Waals surface area (Å²) >= 11 is 0. The highest BCUT2D eigenvalue weighted by Gasteiger charge is 2.44. The van der Waals surface area contributed by atoms with E-state index in [-0.39, 0.29) is 23.8 Å². The van der Waals surface area contributed by atoms with Gasteiger partial charge >= 0.3 is 0 Å². The van der Waals surface area contributed by atoms with E-state index in [0.29, 0.717) is 0 Å². The SMILES string of the molecule is Cn1cnc(C(=O)N2C3CCCC2c2nn(C)c(-c4ccccc4)c2C3)n1. The van der Waals surface area contributed by atoms with Crippen LogP contribution in [-0.4, -0.2) is 41.4 Å². The summed E-state index contributed by atoms with van der Waals surface area (Å²) < 4.78 is 3.55. The lowest BCUT2D eigenvalue weighted by atomic mass is 9.81. The smallest absolute Gasteiger partial charge is 0.294 e. The van der Waals surface area contributed by atoms with Crippen molar-refractivity contribution >= 4 is 5.91 Å². The van der Waals surface area contributed by atoms with Gasteiger partial charge in [-0.3, -0.25) is 14.2 Å². The van der Waals surface area contributed by atoms with Gasteiger partial charge in [0.05, 0.1) is 17.4 Å². The second-order valence-electron chi connectivity index (χ2n) is 7.46. The third kappa shape index (κ3) is 2.49. The second-order valence-corrected chi connectivity index (χ2v) is 7.46. The summed E-state index contributed by atoms with van der Waals surface area (Å²) in [7, 11) is 3.78. The topological polar surface area (TPSA) is 68.8 Å². The molecule has 0 N–H and O–H groups in total. The minimum absolute atomic E-state index is 0.00692. The molecule has 1 aromatic carbocycles. The molecule has 2 unspecified atom stereocenters. The quantitative estimate of drug-likeness (QED) is 0.702. The largest absolute Gasteiger partial charge is 0.324 e. The molecule has 3 aromatic rings. The van der Waals surface area contributed by atoms with E-state index in [1.54, 1.807) is 18.1 Å². The van der Waals surface area contributed by atoms with Gasteiger partial charge in [0, 0.05) is 31.3 Å². The Morgan fingerprint density at radius 2 is 1.93 bits per heavy atom. The van der Waals surface area contributed by atoms with Crippen LogP contribution in [0.2, 0.25) is 0 Å². The molecule has 2 aliphatic rings. The van der Waals surface area contributed by atoms with Crippen LogP contribution >= 0.6 is 0 Å². The average Bonchev–Trinajstić information content (AvgIpc) is 3.24. The average molecular weight is 362 g/mol. The minimum atomic E-state index is -0.0807. The van der Waals surface area contributed by atoms with E-state index in [2.05, 4.69) is 34.3 Å². The number of nitrogens with zero attached hydrogens (tertiary/aromatic N) is 6. The first-order valence-electron chi connectivity index (χ1n) is 9.43. The zero-order chi connectivity index (χ0) is 18.5. The van der Waals surface area contributed by atoms with Crippen molar-refractivity contribution in [3.63, 3.8) is 0 Å². The van der Waals surface area contributed by atoms with Crippen LogP contribution < -0.4 is 0 Å². The predicted octanol–water partition coefficient (Wildman–Crippen LogP) is 2.51. The molecule has 27 heavy (non-hydrogen) atoms. The molecule has 5 rings (SSSR count). The van der Waals surface area contributed by atoms with E-state index < -0.39 is 0 Å². The van der Waals surface area contributed by atoms with E-state index in [9.17, 15) is 4.79 Å². The molecule has 1 saturated heterocycles. The van der Waals surface area contributed by atoms with Crippen molar-refractivity contribution < 1.29 is 4.79 Å². The predicted molar refractivity (Wildman–Crippen MR) is 99.9 cm³/mol. The number of carbonyl (C=O) groups is 1. The summed E-state index contributed by atoms with van der Waals surface area (Å²) in [6, 6.07) is 10.6. The van der Waals surface area contributed by atoms with Crippen molar-refractivity contribution in [2.75, 3.05) is 0 Å². The van der Waals surface area contributed by atoms with Crippen LogP contribution in [0.3, 0.4) is 0 Å². The first-order chi connectivity index (χ1) is 13.1. The zero-order valence-electron chi connectivity index (χ0n) is 15.5. The number of amides is 1. The third-order valence-electron chi connectivity index (χ3n) is 5.75. The van der Waals surface area contributed by atoms with Gasteiger partial charge < -0.3 is 4.90 Å². The molecule has 0 spiro atoms. The molecule has 1 amide bonds. The lowest BCUT2D eigenvalue weighted by Crippen LogP contribution is -2.50. The molecule has 2 aromatic heterocycles. The Bertz CT molecular complexity index is 1000. The minimum Gasteiger partial charge on any atom is -0.324 e. The number of fused-ring (bicyclic) bond motifs is 4. The highest BCUT2D eigenvalue weighted by atomic mass is 16.2. The fraction of sp³-hybridized carbons (Fsp3) is 0.400. The maximum Gasteiger partial charge on any atom is 0.294 e. The van der Waals surface area contributed by atoms with Crippen LogP contribution in [-0.2, 0) is 20.5 Å². The Morgan fingerprint density at radius 1 is 1.11 bits per heavy atom. The molecule has 7 heteroatoms. The monoisotopic (exact) mass is 362 g/mol. The van der Waals surface area contributed by atoms with Crippen molar-refractivity contribution in [1.29, 1.82) is 0 Å². The van der Waals surface area contributed by atoms with Gasteiger partial charge in [0.2, 0.25) is 5.82 Å². The Labute approximate surface area is 157 Å². The molecule has 0 saturated carbocycles. The van der Waals surface area contributed by atoms with Crippen molar-refractivity contribution in [3.8, 4) is 11.3 Å². The van der Waals surface area contributed by atoms with Crippen molar-refractivity contribution in [1.82, 2.24) is 29.4 Å². The molecule has 7 nitrogen and oxygen atoms in total. The van der Waals surface area contributed by atoms with E-state index in [4.69, 9.17) is 5.10 Å². The van der Waals surface area contributed by atoms with Gasteiger partial charge in [-0.2, -0.15) is 5.10 Å². The number of hydrogen-bond donors (Lipinski definition) is 0. The molecular formula is C20H22N6O. The highest BCUT2D eigenvalue weighted by molar-refractivity contribution is 5.91. The molecule has 2 atom stereocenters. The Kier molecular flexibility index (Phi) is 3.63. The lowest BCUT2D eigenvalue weighted by molar-refractivity contribution is 0.0379. The van der Waals surface area contributed by atoms with Gasteiger partial charge in [0.25, 0.3) is 5.91 Å². The molecule has 0 aliphatic carbocycles. The van der Waals surface area contributed by atoms with E-state index in [1.165, 1.54) is 16.8 Å². The van der Waals surface area contributed by atoms with Gasteiger partial charge in [-0.1, -0.05) is 30.3 Å². The number of hydrogen-bond acceptors (Lipinski definition) is 4. The van der Waals surface area contributed by atoms with Gasteiger partial charge in [-0.05, 0) is 25.7 Å². The normalized spacial score (nSPS) is 21.2. The Morgan fingerprint density at radius 3 is 2.67 bits per heavy atom. The van der Waals surface area contributed by atoms with E-state index >= 15 is 0 Å². The zero-order valence-corrected chi connectivity index (χ0v) is 15.5. The number of aromatic nitrogens is 5. The summed E-state index contributed by atoms with van der Waals surface area (Å²) in [6.07, 6.45) is 5.48. The Hall–Kier alpha value is -2.96. The molecular weight excluding hydrogens is 340 g/mol. The summed E-state index contributed by atoms with van der Waals surface area (Å²) in [5.41, 5.74) is 4.68. The van der Waals surface area contributed by atoms with E-state index in [0.717, 1.165) is 31.4 Å². The fourth-order valence-electron chi connectivity index (χ4n) is 4.66. The first-order valence-corrected chi connectivity index (χ1v) is 9.43. The first kappa shape index (κ1) is 16.2. The summed E-state index contributed by atoms with van der Waals surface area (Å²) in [5.74, 6) is 0.194. The van der Waals surface area contributed by atoms with Crippen molar-refractivity contribution in [3.05, 3.63) is 53.7 Å². The summed E-state index contributed by atoms with van der Waals surface area (Å²) in [5, 5.41) is 9.08. The van der Waals surface area contributed by atoms with Gasteiger partial charge in [-0.25, -0.2) is 4.98 Å².